The zero-order chi connectivity index (χ0) is 15.2. The highest BCUT2D eigenvalue weighted by molar-refractivity contribution is 7.89. The molecule has 1 aromatic carbocycles. The molecular formula is C13H17FN2O3S. The van der Waals surface area contributed by atoms with Crippen molar-refractivity contribution in [2.75, 3.05) is 33.8 Å². The third-order valence-electron chi connectivity index (χ3n) is 2.40. The fraction of sp³-hybridized carbons (Fsp3) is 0.385. The summed E-state index contributed by atoms with van der Waals surface area (Å²) in [7, 11) is -0.0859. The van der Waals surface area contributed by atoms with Crippen molar-refractivity contribution in [3.63, 3.8) is 0 Å². The molecule has 0 aliphatic heterocycles. The Labute approximate surface area is 118 Å². The molecule has 7 heteroatoms. The Balaban J connectivity index is 2.88. The van der Waals surface area contributed by atoms with Gasteiger partial charge in [-0.2, -0.15) is 0 Å². The standard InChI is InChI=1S/C13H17FN2O3S/c1-16(2)8-7-15-20(18,19)12-6-5-11(4-3-9-17)13(14)10-12/h5-6,10,15,17H,7-9H2,1-2H3. The Kier molecular flexibility index (Phi) is 6.10. The van der Waals surface area contributed by atoms with E-state index in [2.05, 4.69) is 16.6 Å². The molecule has 0 fully saturated rings. The van der Waals surface area contributed by atoms with Gasteiger partial charge in [0.1, 0.15) is 12.4 Å². The van der Waals surface area contributed by atoms with Crippen molar-refractivity contribution in [1.29, 1.82) is 0 Å². The van der Waals surface area contributed by atoms with Gasteiger partial charge in [0.05, 0.1) is 10.5 Å². The van der Waals surface area contributed by atoms with Crippen molar-refractivity contribution in [3.8, 4) is 11.8 Å². The molecule has 0 aliphatic carbocycles. The third kappa shape index (κ3) is 4.90. The summed E-state index contributed by atoms with van der Waals surface area (Å²) < 4.78 is 39.9. The first kappa shape index (κ1) is 16.6. The molecule has 0 heterocycles. The molecule has 0 saturated heterocycles. The summed E-state index contributed by atoms with van der Waals surface area (Å²) in [5.74, 6) is 3.97. The highest BCUT2D eigenvalue weighted by atomic mass is 32.2. The number of nitrogens with one attached hydrogen (secondary N) is 1. The minimum Gasteiger partial charge on any atom is -0.384 e. The molecule has 0 spiro atoms. The van der Waals surface area contributed by atoms with Gasteiger partial charge in [0.25, 0.3) is 0 Å². The van der Waals surface area contributed by atoms with Crippen molar-refractivity contribution in [3.05, 3.63) is 29.6 Å². The van der Waals surface area contributed by atoms with Crippen LogP contribution in [0.5, 0.6) is 0 Å². The summed E-state index contributed by atoms with van der Waals surface area (Å²) in [6.07, 6.45) is 0. The molecule has 1 aromatic rings. The van der Waals surface area contributed by atoms with Gasteiger partial charge in [-0.05, 0) is 32.3 Å². The molecule has 0 aliphatic rings. The van der Waals surface area contributed by atoms with Crippen molar-refractivity contribution in [1.82, 2.24) is 9.62 Å². The second-order valence-electron chi connectivity index (χ2n) is 4.30. The van der Waals surface area contributed by atoms with Gasteiger partial charge in [0, 0.05) is 13.1 Å². The molecule has 5 nitrogen and oxygen atoms in total. The van der Waals surface area contributed by atoms with E-state index in [1.807, 2.05) is 19.0 Å². The van der Waals surface area contributed by atoms with Crippen LogP contribution in [-0.4, -0.2) is 52.2 Å². The van der Waals surface area contributed by atoms with E-state index >= 15 is 0 Å². The number of aliphatic hydroxyl groups excluding tert-OH is 1. The van der Waals surface area contributed by atoms with Crippen LogP contribution >= 0.6 is 0 Å². The number of benzene rings is 1. The lowest BCUT2D eigenvalue weighted by molar-refractivity contribution is 0.350. The summed E-state index contributed by atoms with van der Waals surface area (Å²) >= 11 is 0. The van der Waals surface area contributed by atoms with Crippen LogP contribution in [0.15, 0.2) is 23.1 Å². The summed E-state index contributed by atoms with van der Waals surface area (Å²) in [6.45, 7) is 0.399. The van der Waals surface area contributed by atoms with E-state index in [0.29, 0.717) is 6.54 Å². The predicted molar refractivity (Wildman–Crippen MR) is 74.1 cm³/mol. The molecule has 0 atom stereocenters. The first-order valence-electron chi connectivity index (χ1n) is 5.90. The number of sulfonamides is 1. The van der Waals surface area contributed by atoms with E-state index < -0.39 is 15.8 Å². The van der Waals surface area contributed by atoms with Crippen molar-refractivity contribution in [2.45, 2.75) is 4.90 Å². The maximum atomic E-state index is 13.7. The number of rotatable bonds is 5. The van der Waals surface area contributed by atoms with E-state index in [9.17, 15) is 12.8 Å². The summed E-state index contributed by atoms with van der Waals surface area (Å²) in [5.41, 5.74) is 0.0475. The van der Waals surface area contributed by atoms with Crippen LogP contribution in [0.3, 0.4) is 0 Å². The van der Waals surface area contributed by atoms with Crippen LogP contribution in [0.1, 0.15) is 5.56 Å². The van der Waals surface area contributed by atoms with Crippen LogP contribution in [0.2, 0.25) is 0 Å². The van der Waals surface area contributed by atoms with Crippen LogP contribution in [0, 0.1) is 17.7 Å². The van der Waals surface area contributed by atoms with Crippen LogP contribution in [-0.2, 0) is 10.0 Å². The smallest absolute Gasteiger partial charge is 0.240 e. The first-order chi connectivity index (χ1) is 9.36. The molecule has 2 N–H and O–H groups in total. The fourth-order valence-electron chi connectivity index (χ4n) is 1.39. The Hall–Kier alpha value is -1.46. The highest BCUT2D eigenvalue weighted by Gasteiger charge is 2.15. The molecule has 0 radical (unpaired) electrons. The second kappa shape index (κ2) is 7.36. The van der Waals surface area contributed by atoms with E-state index in [1.165, 1.54) is 12.1 Å². The Morgan fingerprint density at radius 3 is 2.65 bits per heavy atom. The van der Waals surface area contributed by atoms with Gasteiger partial charge in [0.15, 0.2) is 0 Å². The van der Waals surface area contributed by atoms with Crippen molar-refractivity contribution in [2.24, 2.45) is 0 Å². The summed E-state index contributed by atoms with van der Waals surface area (Å²) in [6, 6.07) is 3.47. The van der Waals surface area contributed by atoms with E-state index in [4.69, 9.17) is 5.11 Å². The Morgan fingerprint density at radius 2 is 2.10 bits per heavy atom. The topological polar surface area (TPSA) is 69.6 Å². The molecule has 110 valence electrons. The minimum absolute atomic E-state index is 0.0475. The van der Waals surface area contributed by atoms with Crippen molar-refractivity contribution < 1.29 is 17.9 Å². The van der Waals surface area contributed by atoms with E-state index in [1.54, 1.807) is 0 Å². The number of hydrogen-bond acceptors (Lipinski definition) is 4. The van der Waals surface area contributed by atoms with Gasteiger partial charge in [-0.1, -0.05) is 11.8 Å². The van der Waals surface area contributed by atoms with Gasteiger partial charge in [-0.15, -0.1) is 0 Å². The first-order valence-corrected chi connectivity index (χ1v) is 7.39. The van der Waals surface area contributed by atoms with Gasteiger partial charge in [0.2, 0.25) is 10.0 Å². The molecule has 0 amide bonds. The summed E-state index contributed by atoms with van der Waals surface area (Å²) in [4.78, 5) is 1.68. The second-order valence-corrected chi connectivity index (χ2v) is 6.07. The quantitative estimate of drug-likeness (QED) is 0.752. The highest BCUT2D eigenvalue weighted by Crippen LogP contribution is 2.14. The zero-order valence-electron chi connectivity index (χ0n) is 11.4. The fourth-order valence-corrected chi connectivity index (χ4v) is 2.42. The van der Waals surface area contributed by atoms with Crippen LogP contribution < -0.4 is 4.72 Å². The maximum Gasteiger partial charge on any atom is 0.240 e. The van der Waals surface area contributed by atoms with Gasteiger partial charge in [-0.25, -0.2) is 17.5 Å². The van der Waals surface area contributed by atoms with E-state index in [0.717, 1.165) is 6.07 Å². The van der Waals surface area contributed by atoms with Gasteiger partial charge < -0.3 is 10.0 Å². The average molecular weight is 300 g/mol. The number of halogens is 1. The minimum atomic E-state index is -3.73. The van der Waals surface area contributed by atoms with Crippen LogP contribution in [0.25, 0.3) is 0 Å². The average Bonchev–Trinajstić information content (AvgIpc) is 2.36. The number of aliphatic hydroxyl groups is 1. The van der Waals surface area contributed by atoms with Gasteiger partial charge >= 0.3 is 0 Å². The van der Waals surface area contributed by atoms with E-state index in [-0.39, 0.29) is 23.6 Å². The Bertz CT molecular complexity index is 618. The number of hydrogen-bond donors (Lipinski definition) is 2. The normalized spacial score (nSPS) is 11.2. The molecule has 20 heavy (non-hydrogen) atoms. The number of likely N-dealkylation sites (N-methyl/N-ethyl adjacent to an activating group) is 1. The summed E-state index contributed by atoms with van der Waals surface area (Å²) in [5, 5.41) is 8.54. The third-order valence-corrected chi connectivity index (χ3v) is 3.86. The van der Waals surface area contributed by atoms with Crippen molar-refractivity contribution >= 4 is 10.0 Å². The zero-order valence-corrected chi connectivity index (χ0v) is 12.2. The molecule has 0 bridgehead atoms. The van der Waals surface area contributed by atoms with Crippen LogP contribution in [0.4, 0.5) is 4.39 Å². The lowest BCUT2D eigenvalue weighted by Gasteiger charge is -2.11. The molecule has 0 aromatic heterocycles. The molecule has 1 rings (SSSR count). The lowest BCUT2D eigenvalue weighted by atomic mass is 10.2. The SMILES string of the molecule is CN(C)CCNS(=O)(=O)c1ccc(C#CCO)c(F)c1. The molecule has 0 saturated carbocycles. The molecular weight excluding hydrogens is 283 g/mol. The predicted octanol–water partition coefficient (Wildman–Crippen LogP) is 0.00940. The maximum absolute atomic E-state index is 13.7. The lowest BCUT2D eigenvalue weighted by Crippen LogP contribution is -2.31. The Morgan fingerprint density at radius 1 is 1.40 bits per heavy atom. The molecule has 0 unspecified atom stereocenters. The monoisotopic (exact) mass is 300 g/mol. The van der Waals surface area contributed by atoms with Gasteiger partial charge in [-0.3, -0.25) is 0 Å². The largest absolute Gasteiger partial charge is 0.384 e. The number of nitrogens with zero attached hydrogens (tertiary/aromatic N) is 1.